The predicted octanol–water partition coefficient (Wildman–Crippen LogP) is 7.32. The summed E-state index contributed by atoms with van der Waals surface area (Å²) in [5.74, 6) is 0.0989. The molecule has 0 unspecified atom stereocenters. The minimum atomic E-state index is -0.558. The Morgan fingerprint density at radius 1 is 0.540 bits per heavy atom. The minimum Gasteiger partial charge on any atom is -0.494 e. The molecule has 0 spiro atoms. The zero-order valence-electron chi connectivity index (χ0n) is 28.4. The summed E-state index contributed by atoms with van der Waals surface area (Å²) in [7, 11) is 0. The molecular weight excluding hydrogens is 640 g/mol. The van der Waals surface area contributed by atoms with Gasteiger partial charge in [0.1, 0.15) is 23.0 Å². The van der Waals surface area contributed by atoms with Gasteiger partial charge < -0.3 is 28.4 Å². The Morgan fingerprint density at radius 2 is 0.940 bits per heavy atom. The first-order chi connectivity index (χ1) is 24.2. The van der Waals surface area contributed by atoms with Gasteiger partial charge in [-0.15, -0.1) is 0 Å². The van der Waals surface area contributed by atoms with Crippen molar-refractivity contribution in [3.05, 3.63) is 120 Å². The van der Waals surface area contributed by atoms with Crippen molar-refractivity contribution in [1.29, 1.82) is 0 Å². The summed E-state index contributed by atoms with van der Waals surface area (Å²) in [5.41, 5.74) is 2.84. The molecule has 0 aromatic heterocycles. The van der Waals surface area contributed by atoms with Crippen LogP contribution >= 0.6 is 0 Å². The number of ether oxygens (including phenoxy) is 6. The van der Waals surface area contributed by atoms with Crippen LogP contribution in [0.4, 0.5) is 0 Å². The van der Waals surface area contributed by atoms with Gasteiger partial charge in [0.25, 0.3) is 0 Å². The number of hydrogen-bond acceptors (Lipinski definition) is 10. The van der Waals surface area contributed by atoms with Crippen molar-refractivity contribution in [3.63, 3.8) is 0 Å². The number of aryl methyl sites for hydroxylation is 2. The van der Waals surface area contributed by atoms with Crippen molar-refractivity contribution >= 4 is 36.0 Å². The number of benzene rings is 3. The summed E-state index contributed by atoms with van der Waals surface area (Å²) in [4.78, 5) is 47.1. The fraction of sp³-hybridized carbons (Fsp3) is 0.250. The molecule has 50 heavy (non-hydrogen) atoms. The summed E-state index contributed by atoms with van der Waals surface area (Å²) in [6, 6.07) is 17.8. The number of unbranched alkanes of at least 4 members (excludes halogenated alkanes) is 2. The van der Waals surface area contributed by atoms with E-state index in [2.05, 4.69) is 13.2 Å². The third kappa shape index (κ3) is 14.5. The van der Waals surface area contributed by atoms with Gasteiger partial charge in [0.05, 0.1) is 26.4 Å². The second kappa shape index (κ2) is 21.1. The van der Waals surface area contributed by atoms with Crippen LogP contribution in [0.25, 0.3) is 12.2 Å². The van der Waals surface area contributed by atoms with E-state index < -0.39 is 23.9 Å². The Hall–Kier alpha value is -5.90. The molecule has 0 N–H and O–H groups in total. The first kappa shape index (κ1) is 38.5. The lowest BCUT2D eigenvalue weighted by Crippen LogP contribution is -2.08. The maximum atomic E-state index is 12.6. The smallest absolute Gasteiger partial charge is 0.336 e. The van der Waals surface area contributed by atoms with Crippen LogP contribution in [0.1, 0.15) is 47.9 Å². The maximum Gasteiger partial charge on any atom is 0.336 e. The van der Waals surface area contributed by atoms with E-state index in [1.54, 1.807) is 62.4 Å². The van der Waals surface area contributed by atoms with Crippen molar-refractivity contribution in [1.82, 2.24) is 0 Å². The highest BCUT2D eigenvalue weighted by molar-refractivity contribution is 5.90. The molecule has 3 rings (SSSR count). The van der Waals surface area contributed by atoms with Gasteiger partial charge in [-0.3, -0.25) is 0 Å². The SMILES string of the molecule is C=CC(=O)OCCCCOc1ccc(C=CC(=O)Oc2cc(C)c(OC(=O)C=Cc3ccc(OCCCCOC(=O)C=C)cc3)c(C)c2)cc1. The average Bonchev–Trinajstić information content (AvgIpc) is 3.11. The van der Waals surface area contributed by atoms with E-state index in [4.69, 9.17) is 28.4 Å². The molecule has 0 saturated carbocycles. The van der Waals surface area contributed by atoms with E-state index in [-0.39, 0.29) is 0 Å². The Balaban J connectivity index is 1.41. The number of esters is 4. The third-order valence-electron chi connectivity index (χ3n) is 6.88. The predicted molar refractivity (Wildman–Crippen MR) is 190 cm³/mol. The van der Waals surface area contributed by atoms with Gasteiger partial charge in [-0.05, 0) is 110 Å². The highest BCUT2D eigenvalue weighted by Crippen LogP contribution is 2.29. The molecule has 0 saturated heterocycles. The van der Waals surface area contributed by atoms with Crippen LogP contribution < -0.4 is 18.9 Å². The van der Waals surface area contributed by atoms with Crippen molar-refractivity contribution in [2.75, 3.05) is 26.4 Å². The molecule has 0 aliphatic rings. The van der Waals surface area contributed by atoms with Crippen molar-refractivity contribution < 1.29 is 47.6 Å². The van der Waals surface area contributed by atoms with Gasteiger partial charge in [-0.1, -0.05) is 37.4 Å². The number of hydrogen-bond donors (Lipinski definition) is 0. The molecule has 0 fully saturated rings. The first-order valence-corrected chi connectivity index (χ1v) is 16.1. The van der Waals surface area contributed by atoms with Gasteiger partial charge in [0, 0.05) is 24.3 Å². The van der Waals surface area contributed by atoms with Gasteiger partial charge in [-0.25, -0.2) is 19.2 Å². The molecule has 262 valence electrons. The van der Waals surface area contributed by atoms with Gasteiger partial charge in [0.15, 0.2) is 0 Å². The number of rotatable bonds is 20. The molecule has 0 heterocycles. The normalized spacial score (nSPS) is 10.8. The quantitative estimate of drug-likeness (QED) is 0.0518. The molecule has 0 aliphatic carbocycles. The van der Waals surface area contributed by atoms with Crippen LogP contribution in [0.2, 0.25) is 0 Å². The number of carbonyl (C=O) groups excluding carboxylic acids is 4. The van der Waals surface area contributed by atoms with Crippen molar-refractivity contribution in [2.45, 2.75) is 39.5 Å². The van der Waals surface area contributed by atoms with E-state index in [1.165, 1.54) is 12.2 Å². The highest BCUT2D eigenvalue weighted by atomic mass is 16.5. The molecule has 0 amide bonds. The molecule has 0 aliphatic heterocycles. The van der Waals surface area contributed by atoms with Crippen LogP contribution in [-0.2, 0) is 28.7 Å². The molecular formula is C40H42O10. The second-order valence-corrected chi connectivity index (χ2v) is 10.9. The first-order valence-electron chi connectivity index (χ1n) is 16.1. The molecule has 10 heteroatoms. The fourth-order valence-electron chi connectivity index (χ4n) is 4.35. The lowest BCUT2D eigenvalue weighted by atomic mass is 10.1. The standard InChI is InChI=1S/C40H42O10/c1-5-36(41)47-25-9-7-23-45-33-17-11-31(12-18-33)15-21-38(43)49-35-27-29(3)40(30(4)28-35)50-39(44)22-16-32-13-19-34(20-14-32)46-24-8-10-26-48-37(42)6-2/h5-6,11-22,27-28H,1-2,7-10,23-26H2,3-4H3. The van der Waals surface area contributed by atoms with Crippen LogP contribution in [0.3, 0.4) is 0 Å². The van der Waals surface area contributed by atoms with Crippen molar-refractivity contribution in [3.8, 4) is 23.0 Å². The fourth-order valence-corrected chi connectivity index (χ4v) is 4.35. The van der Waals surface area contributed by atoms with Gasteiger partial charge in [0.2, 0.25) is 0 Å². The topological polar surface area (TPSA) is 124 Å². The van der Waals surface area contributed by atoms with Crippen LogP contribution in [0.15, 0.2) is 98.1 Å². The Kier molecular flexibility index (Phi) is 16.3. The zero-order valence-corrected chi connectivity index (χ0v) is 28.4. The molecule has 0 bridgehead atoms. The van der Waals surface area contributed by atoms with Crippen LogP contribution in [-0.4, -0.2) is 50.3 Å². The van der Waals surface area contributed by atoms with Crippen LogP contribution in [0, 0.1) is 13.8 Å². The van der Waals surface area contributed by atoms with Gasteiger partial charge in [-0.2, -0.15) is 0 Å². The molecule has 0 atom stereocenters. The highest BCUT2D eigenvalue weighted by Gasteiger charge is 2.12. The summed E-state index contributed by atoms with van der Waals surface area (Å²) in [6.07, 6.45) is 11.0. The van der Waals surface area contributed by atoms with E-state index in [1.807, 2.05) is 24.3 Å². The van der Waals surface area contributed by atoms with Crippen molar-refractivity contribution in [2.24, 2.45) is 0 Å². The lowest BCUT2D eigenvalue weighted by Gasteiger charge is -2.11. The van der Waals surface area contributed by atoms with E-state index in [0.717, 1.165) is 36.1 Å². The molecule has 10 nitrogen and oxygen atoms in total. The summed E-state index contributed by atoms with van der Waals surface area (Å²) in [5, 5.41) is 0. The maximum absolute atomic E-state index is 12.6. The van der Waals surface area contributed by atoms with E-state index in [0.29, 0.717) is 73.4 Å². The third-order valence-corrected chi connectivity index (χ3v) is 6.88. The summed E-state index contributed by atoms with van der Waals surface area (Å²) < 4.78 is 32.3. The summed E-state index contributed by atoms with van der Waals surface area (Å²) in [6.45, 7) is 11.8. The van der Waals surface area contributed by atoms with E-state index >= 15 is 0 Å². The molecule has 3 aromatic rings. The monoisotopic (exact) mass is 682 g/mol. The zero-order chi connectivity index (χ0) is 36.1. The Morgan fingerprint density at radius 3 is 1.36 bits per heavy atom. The Labute approximate surface area is 292 Å². The number of carbonyl (C=O) groups is 4. The average molecular weight is 683 g/mol. The molecule has 0 radical (unpaired) electrons. The summed E-state index contributed by atoms with van der Waals surface area (Å²) >= 11 is 0. The second-order valence-electron chi connectivity index (χ2n) is 10.9. The van der Waals surface area contributed by atoms with Crippen LogP contribution in [0.5, 0.6) is 23.0 Å². The largest absolute Gasteiger partial charge is 0.494 e. The minimum absolute atomic E-state index is 0.319. The van der Waals surface area contributed by atoms with E-state index in [9.17, 15) is 19.2 Å². The lowest BCUT2D eigenvalue weighted by molar-refractivity contribution is -0.138. The van der Waals surface area contributed by atoms with Gasteiger partial charge >= 0.3 is 23.9 Å². The Bertz CT molecular complexity index is 1640. The molecule has 3 aromatic carbocycles.